The van der Waals surface area contributed by atoms with Crippen LogP contribution in [0.25, 0.3) is 10.1 Å². The van der Waals surface area contributed by atoms with Crippen molar-refractivity contribution in [1.29, 1.82) is 0 Å². The van der Waals surface area contributed by atoms with Crippen LogP contribution in [0.2, 0.25) is 0 Å². The van der Waals surface area contributed by atoms with E-state index in [2.05, 4.69) is 10.7 Å². The van der Waals surface area contributed by atoms with Crippen molar-refractivity contribution in [3.8, 4) is 0 Å². The van der Waals surface area contributed by atoms with Crippen LogP contribution in [-0.4, -0.2) is 13.6 Å². The first-order valence-electron chi connectivity index (χ1n) is 5.11. The zero-order chi connectivity index (χ0) is 10.7. The molecule has 0 amide bonds. The predicted octanol–water partition coefficient (Wildman–Crippen LogP) is 3.19. The first kappa shape index (κ1) is 10.6. The molecule has 0 fully saturated rings. The van der Waals surface area contributed by atoms with Crippen molar-refractivity contribution in [3.05, 3.63) is 35.0 Å². The Labute approximate surface area is 92.9 Å². The van der Waals surface area contributed by atoms with Crippen molar-refractivity contribution in [2.45, 2.75) is 12.8 Å². The SMILES string of the molecule is CNCCCc1csc2cc(F)ccc12. The number of hydrogen-bond donors (Lipinski definition) is 1. The minimum atomic E-state index is -0.147. The van der Waals surface area contributed by atoms with Gasteiger partial charge in [0, 0.05) is 4.70 Å². The van der Waals surface area contributed by atoms with E-state index >= 15 is 0 Å². The molecule has 0 aliphatic rings. The zero-order valence-electron chi connectivity index (χ0n) is 8.72. The molecule has 1 nitrogen and oxygen atoms in total. The molecule has 2 aromatic rings. The summed E-state index contributed by atoms with van der Waals surface area (Å²) in [6, 6.07) is 5.04. The fourth-order valence-electron chi connectivity index (χ4n) is 1.71. The molecule has 0 spiro atoms. The average Bonchev–Trinajstić information content (AvgIpc) is 2.61. The van der Waals surface area contributed by atoms with Gasteiger partial charge in [-0.2, -0.15) is 0 Å². The van der Waals surface area contributed by atoms with Gasteiger partial charge in [0.25, 0.3) is 0 Å². The van der Waals surface area contributed by atoms with Crippen molar-refractivity contribution in [2.75, 3.05) is 13.6 Å². The van der Waals surface area contributed by atoms with E-state index in [9.17, 15) is 4.39 Å². The molecule has 0 saturated carbocycles. The second kappa shape index (κ2) is 4.73. The van der Waals surface area contributed by atoms with Gasteiger partial charge in [0.15, 0.2) is 0 Å². The van der Waals surface area contributed by atoms with Crippen LogP contribution in [0.5, 0.6) is 0 Å². The van der Waals surface area contributed by atoms with E-state index in [4.69, 9.17) is 0 Å². The number of benzene rings is 1. The summed E-state index contributed by atoms with van der Waals surface area (Å²) in [6.45, 7) is 1.03. The van der Waals surface area contributed by atoms with Gasteiger partial charge >= 0.3 is 0 Å². The molecule has 1 heterocycles. The summed E-state index contributed by atoms with van der Waals surface area (Å²) in [6.07, 6.45) is 2.19. The number of halogens is 1. The summed E-state index contributed by atoms with van der Waals surface area (Å²) in [5.74, 6) is -0.147. The van der Waals surface area contributed by atoms with Gasteiger partial charge < -0.3 is 5.32 Å². The molecule has 0 bridgehead atoms. The predicted molar refractivity (Wildman–Crippen MR) is 64.0 cm³/mol. The third-order valence-electron chi connectivity index (χ3n) is 2.49. The minimum absolute atomic E-state index is 0.147. The molecule has 2 rings (SSSR count). The lowest BCUT2D eigenvalue weighted by molar-refractivity contribution is 0.630. The highest BCUT2D eigenvalue weighted by molar-refractivity contribution is 7.17. The second-order valence-corrected chi connectivity index (χ2v) is 4.52. The molecule has 0 unspecified atom stereocenters. The molecule has 1 N–H and O–H groups in total. The van der Waals surface area contributed by atoms with Crippen LogP contribution < -0.4 is 5.32 Å². The molecular formula is C12H14FNS. The van der Waals surface area contributed by atoms with Gasteiger partial charge in [-0.15, -0.1) is 11.3 Å². The number of rotatable bonds is 4. The van der Waals surface area contributed by atoms with Gasteiger partial charge in [-0.05, 0) is 54.9 Å². The van der Waals surface area contributed by atoms with Crippen LogP contribution in [-0.2, 0) is 6.42 Å². The molecular weight excluding hydrogens is 209 g/mol. The van der Waals surface area contributed by atoms with Crippen molar-refractivity contribution in [1.82, 2.24) is 5.32 Å². The Hall–Kier alpha value is -0.930. The van der Waals surface area contributed by atoms with Gasteiger partial charge in [0.2, 0.25) is 0 Å². The molecule has 0 aliphatic heterocycles. The monoisotopic (exact) mass is 223 g/mol. The molecule has 80 valence electrons. The Bertz CT molecular complexity index is 450. The Balaban J connectivity index is 2.21. The van der Waals surface area contributed by atoms with E-state index < -0.39 is 0 Å². The van der Waals surface area contributed by atoms with Crippen LogP contribution in [0.4, 0.5) is 4.39 Å². The number of fused-ring (bicyclic) bond motifs is 1. The van der Waals surface area contributed by atoms with Crippen LogP contribution >= 0.6 is 11.3 Å². The van der Waals surface area contributed by atoms with Gasteiger partial charge in [-0.3, -0.25) is 0 Å². The Morgan fingerprint density at radius 1 is 1.40 bits per heavy atom. The number of hydrogen-bond acceptors (Lipinski definition) is 2. The lowest BCUT2D eigenvalue weighted by atomic mass is 10.1. The Morgan fingerprint density at radius 3 is 3.07 bits per heavy atom. The van der Waals surface area contributed by atoms with E-state index in [0.29, 0.717) is 0 Å². The van der Waals surface area contributed by atoms with E-state index in [1.165, 1.54) is 17.0 Å². The van der Waals surface area contributed by atoms with Crippen LogP contribution in [0.3, 0.4) is 0 Å². The highest BCUT2D eigenvalue weighted by atomic mass is 32.1. The molecule has 15 heavy (non-hydrogen) atoms. The molecule has 3 heteroatoms. The first-order valence-corrected chi connectivity index (χ1v) is 5.99. The van der Waals surface area contributed by atoms with Gasteiger partial charge in [-0.25, -0.2) is 4.39 Å². The minimum Gasteiger partial charge on any atom is -0.320 e. The van der Waals surface area contributed by atoms with E-state index in [1.807, 2.05) is 13.1 Å². The maximum atomic E-state index is 12.9. The van der Waals surface area contributed by atoms with Crippen LogP contribution in [0.15, 0.2) is 23.6 Å². The zero-order valence-corrected chi connectivity index (χ0v) is 9.53. The first-order chi connectivity index (χ1) is 7.31. The smallest absolute Gasteiger partial charge is 0.124 e. The molecule has 1 aromatic carbocycles. The van der Waals surface area contributed by atoms with Crippen LogP contribution in [0.1, 0.15) is 12.0 Å². The molecule has 0 atom stereocenters. The van der Waals surface area contributed by atoms with E-state index in [-0.39, 0.29) is 5.82 Å². The molecule has 0 saturated heterocycles. The summed E-state index contributed by atoms with van der Waals surface area (Å²) >= 11 is 1.63. The fraction of sp³-hybridized carbons (Fsp3) is 0.333. The Kier molecular flexibility index (Phi) is 3.34. The number of aryl methyl sites for hydroxylation is 1. The van der Waals surface area contributed by atoms with Crippen LogP contribution in [0, 0.1) is 5.82 Å². The highest BCUT2D eigenvalue weighted by Crippen LogP contribution is 2.27. The van der Waals surface area contributed by atoms with Gasteiger partial charge in [0.1, 0.15) is 5.82 Å². The topological polar surface area (TPSA) is 12.0 Å². The summed E-state index contributed by atoms with van der Waals surface area (Å²) in [4.78, 5) is 0. The Morgan fingerprint density at radius 2 is 2.27 bits per heavy atom. The quantitative estimate of drug-likeness (QED) is 0.785. The normalized spacial score (nSPS) is 11.1. The third kappa shape index (κ3) is 2.36. The van der Waals surface area contributed by atoms with Crippen molar-refractivity contribution < 1.29 is 4.39 Å². The summed E-state index contributed by atoms with van der Waals surface area (Å²) in [7, 11) is 1.96. The molecule has 0 aliphatic carbocycles. The largest absolute Gasteiger partial charge is 0.320 e. The van der Waals surface area contributed by atoms with E-state index in [1.54, 1.807) is 17.4 Å². The summed E-state index contributed by atoms with van der Waals surface area (Å²) in [5.41, 5.74) is 1.34. The highest BCUT2D eigenvalue weighted by Gasteiger charge is 2.04. The maximum Gasteiger partial charge on any atom is 0.124 e. The molecule has 0 radical (unpaired) electrons. The number of thiophene rings is 1. The standard InChI is InChI=1S/C12H14FNS/c1-14-6-2-3-9-8-15-12-7-10(13)4-5-11(9)12/h4-5,7-8,14H,2-3,6H2,1H3. The van der Waals surface area contributed by atoms with Gasteiger partial charge in [-0.1, -0.05) is 6.07 Å². The van der Waals surface area contributed by atoms with Crippen molar-refractivity contribution in [3.63, 3.8) is 0 Å². The van der Waals surface area contributed by atoms with E-state index in [0.717, 1.165) is 24.1 Å². The lowest BCUT2D eigenvalue weighted by Crippen LogP contribution is -2.08. The summed E-state index contributed by atoms with van der Waals surface area (Å²) < 4.78 is 14.0. The maximum absolute atomic E-state index is 12.9. The number of nitrogens with one attached hydrogen (secondary N) is 1. The fourth-order valence-corrected chi connectivity index (χ4v) is 2.73. The van der Waals surface area contributed by atoms with Crippen molar-refractivity contribution >= 4 is 21.4 Å². The van der Waals surface area contributed by atoms with Gasteiger partial charge in [0.05, 0.1) is 0 Å². The van der Waals surface area contributed by atoms with Crippen molar-refractivity contribution in [2.24, 2.45) is 0 Å². The molecule has 1 aromatic heterocycles. The summed E-state index contributed by atoms with van der Waals surface area (Å²) in [5, 5.41) is 6.48. The third-order valence-corrected chi connectivity index (χ3v) is 3.48. The average molecular weight is 223 g/mol. The lowest BCUT2D eigenvalue weighted by Gasteiger charge is -1.99. The second-order valence-electron chi connectivity index (χ2n) is 3.61.